The Kier molecular flexibility index (Phi) is 8.71. The Morgan fingerprint density at radius 1 is 1.09 bits per heavy atom. The molecule has 174 valence electrons. The minimum atomic E-state index is -0.224. The minimum absolute atomic E-state index is 0.0620. The number of nitrogens with zero attached hydrogens (tertiary/aromatic N) is 3. The van der Waals surface area contributed by atoms with Crippen molar-refractivity contribution in [2.24, 2.45) is 0 Å². The summed E-state index contributed by atoms with van der Waals surface area (Å²) >= 11 is 6.02. The molecule has 0 fully saturated rings. The molecule has 1 heterocycles. The molecule has 0 aliphatic heterocycles. The summed E-state index contributed by atoms with van der Waals surface area (Å²) in [6, 6.07) is 14.8. The first kappa shape index (κ1) is 24.1. The number of hydrogen-bond acceptors (Lipinski definition) is 5. The van der Waals surface area contributed by atoms with E-state index in [1.807, 2.05) is 37.3 Å². The predicted molar refractivity (Wildman–Crippen MR) is 127 cm³/mol. The normalized spacial score (nSPS) is 10.5. The third-order valence-corrected chi connectivity index (χ3v) is 5.09. The van der Waals surface area contributed by atoms with Crippen LogP contribution in [0.15, 0.2) is 60.9 Å². The number of carbonyl (C=O) groups excluding carboxylic acids is 2. The van der Waals surface area contributed by atoms with E-state index in [9.17, 15) is 9.59 Å². The summed E-state index contributed by atoms with van der Waals surface area (Å²) in [7, 11) is 1.71. The summed E-state index contributed by atoms with van der Waals surface area (Å²) in [6.07, 6.45) is 3.26. The molecule has 0 saturated heterocycles. The van der Waals surface area contributed by atoms with Crippen molar-refractivity contribution in [1.82, 2.24) is 14.7 Å². The van der Waals surface area contributed by atoms with Crippen LogP contribution in [0.4, 0.5) is 5.69 Å². The quantitative estimate of drug-likeness (QED) is 0.461. The van der Waals surface area contributed by atoms with Gasteiger partial charge in [0, 0.05) is 13.2 Å². The second-order valence-corrected chi connectivity index (χ2v) is 7.89. The largest absolute Gasteiger partial charge is 0.492 e. The van der Waals surface area contributed by atoms with Crippen LogP contribution in [-0.2, 0) is 16.1 Å². The Labute approximate surface area is 198 Å². The number of rotatable bonds is 11. The van der Waals surface area contributed by atoms with Crippen LogP contribution >= 0.6 is 11.6 Å². The lowest BCUT2D eigenvalue weighted by atomic mass is 10.2. The van der Waals surface area contributed by atoms with Crippen molar-refractivity contribution in [3.8, 4) is 11.5 Å². The zero-order valence-electron chi connectivity index (χ0n) is 18.7. The van der Waals surface area contributed by atoms with Crippen molar-refractivity contribution in [1.29, 1.82) is 0 Å². The maximum atomic E-state index is 12.4. The van der Waals surface area contributed by atoms with Gasteiger partial charge in [0.15, 0.2) is 0 Å². The summed E-state index contributed by atoms with van der Waals surface area (Å²) in [4.78, 5) is 26.1. The number of aromatic nitrogens is 2. The molecule has 0 unspecified atom stereocenters. The zero-order chi connectivity index (χ0) is 23.6. The number of amides is 2. The van der Waals surface area contributed by atoms with E-state index in [0.29, 0.717) is 29.6 Å². The number of carbonyl (C=O) groups is 2. The smallest absolute Gasteiger partial charge is 0.244 e. The van der Waals surface area contributed by atoms with Gasteiger partial charge in [-0.1, -0.05) is 41.4 Å². The summed E-state index contributed by atoms with van der Waals surface area (Å²) in [5.41, 5.74) is 1.67. The molecule has 0 saturated carbocycles. The number of halogens is 1. The first-order chi connectivity index (χ1) is 15.9. The van der Waals surface area contributed by atoms with Crippen molar-refractivity contribution >= 4 is 29.1 Å². The molecule has 0 radical (unpaired) electrons. The van der Waals surface area contributed by atoms with Crippen molar-refractivity contribution in [3.05, 3.63) is 71.5 Å². The van der Waals surface area contributed by atoms with Crippen LogP contribution < -0.4 is 14.8 Å². The summed E-state index contributed by atoms with van der Waals surface area (Å²) < 4.78 is 12.7. The molecule has 0 spiro atoms. The number of hydrogen-bond donors (Lipinski definition) is 1. The fraction of sp³-hybridized carbons (Fsp3) is 0.292. The van der Waals surface area contributed by atoms with Crippen molar-refractivity contribution in [2.75, 3.05) is 32.1 Å². The number of likely N-dealkylation sites (N-methyl/N-ethyl adjacent to an activating group) is 1. The van der Waals surface area contributed by atoms with E-state index in [4.69, 9.17) is 21.1 Å². The van der Waals surface area contributed by atoms with Crippen LogP contribution in [0.1, 0.15) is 12.0 Å². The molecule has 0 aliphatic carbocycles. The summed E-state index contributed by atoms with van der Waals surface area (Å²) in [5.74, 6) is 0.966. The first-order valence-electron chi connectivity index (χ1n) is 10.5. The van der Waals surface area contributed by atoms with E-state index in [1.165, 1.54) is 10.9 Å². The van der Waals surface area contributed by atoms with E-state index in [0.717, 1.165) is 11.3 Å². The fourth-order valence-electron chi connectivity index (χ4n) is 2.87. The molecule has 1 N–H and O–H groups in total. The van der Waals surface area contributed by atoms with Gasteiger partial charge in [-0.05, 0) is 31.2 Å². The SMILES string of the molecule is Cc1ccc(OCCN(C)C(=O)Cn2cc(NC(=O)CCOc3ccccc3Cl)cn2)cc1. The number of anilines is 1. The highest BCUT2D eigenvalue weighted by Crippen LogP contribution is 2.23. The maximum absolute atomic E-state index is 12.4. The van der Waals surface area contributed by atoms with Gasteiger partial charge in [0.2, 0.25) is 11.8 Å². The van der Waals surface area contributed by atoms with Crippen LogP contribution in [0.25, 0.3) is 0 Å². The third kappa shape index (κ3) is 7.84. The molecule has 0 aliphatic rings. The molecule has 33 heavy (non-hydrogen) atoms. The van der Waals surface area contributed by atoms with E-state index >= 15 is 0 Å². The third-order valence-electron chi connectivity index (χ3n) is 4.78. The molecular weight excluding hydrogens is 444 g/mol. The molecule has 3 aromatic rings. The van der Waals surface area contributed by atoms with Gasteiger partial charge < -0.3 is 19.7 Å². The highest BCUT2D eigenvalue weighted by atomic mass is 35.5. The average molecular weight is 471 g/mol. The van der Waals surface area contributed by atoms with Crippen LogP contribution in [0.5, 0.6) is 11.5 Å². The van der Waals surface area contributed by atoms with Gasteiger partial charge in [-0.15, -0.1) is 0 Å². The van der Waals surface area contributed by atoms with Crippen molar-refractivity contribution in [3.63, 3.8) is 0 Å². The Bertz CT molecular complexity index is 1070. The first-order valence-corrected chi connectivity index (χ1v) is 10.9. The Morgan fingerprint density at radius 2 is 1.85 bits per heavy atom. The Hall–Kier alpha value is -3.52. The minimum Gasteiger partial charge on any atom is -0.492 e. The van der Waals surface area contributed by atoms with Crippen molar-refractivity contribution < 1.29 is 19.1 Å². The fourth-order valence-corrected chi connectivity index (χ4v) is 3.06. The van der Waals surface area contributed by atoms with Gasteiger partial charge in [-0.3, -0.25) is 14.3 Å². The second-order valence-electron chi connectivity index (χ2n) is 7.48. The Morgan fingerprint density at radius 3 is 2.61 bits per heavy atom. The average Bonchev–Trinajstić information content (AvgIpc) is 3.22. The van der Waals surface area contributed by atoms with Crippen LogP contribution in [0.2, 0.25) is 5.02 Å². The van der Waals surface area contributed by atoms with Crippen LogP contribution in [-0.4, -0.2) is 53.3 Å². The Balaban J connectivity index is 1.37. The lowest BCUT2D eigenvalue weighted by Crippen LogP contribution is -2.33. The molecule has 2 amide bonds. The second kappa shape index (κ2) is 11.9. The number of ether oxygens (including phenoxy) is 2. The molecule has 2 aromatic carbocycles. The number of para-hydroxylation sites is 1. The van der Waals surface area contributed by atoms with E-state index < -0.39 is 0 Å². The highest BCUT2D eigenvalue weighted by Gasteiger charge is 2.12. The molecule has 9 heteroatoms. The van der Waals surface area contributed by atoms with Crippen molar-refractivity contribution in [2.45, 2.75) is 19.9 Å². The molecule has 0 atom stereocenters. The summed E-state index contributed by atoms with van der Waals surface area (Å²) in [6.45, 7) is 3.11. The van der Waals surface area contributed by atoms with Crippen LogP contribution in [0, 0.1) is 6.92 Å². The standard InChI is InChI=1S/C24H27ClN4O4/c1-18-7-9-20(10-8-18)32-14-12-28(2)24(31)17-29-16-19(15-26-29)27-23(30)11-13-33-22-6-4-3-5-21(22)25/h3-10,15-16H,11-14,17H2,1-2H3,(H,27,30). The van der Waals surface area contributed by atoms with Gasteiger partial charge in [-0.2, -0.15) is 5.10 Å². The van der Waals surface area contributed by atoms with Gasteiger partial charge >= 0.3 is 0 Å². The predicted octanol–water partition coefficient (Wildman–Crippen LogP) is 3.79. The summed E-state index contributed by atoms with van der Waals surface area (Å²) in [5, 5.41) is 7.38. The van der Waals surface area contributed by atoms with Gasteiger partial charge in [-0.25, -0.2) is 0 Å². The molecule has 3 rings (SSSR count). The van der Waals surface area contributed by atoms with E-state index in [1.54, 1.807) is 36.3 Å². The highest BCUT2D eigenvalue weighted by molar-refractivity contribution is 6.32. The number of aryl methyl sites for hydroxylation is 1. The maximum Gasteiger partial charge on any atom is 0.244 e. The number of benzene rings is 2. The van der Waals surface area contributed by atoms with Crippen LogP contribution in [0.3, 0.4) is 0 Å². The monoisotopic (exact) mass is 470 g/mol. The molecular formula is C24H27ClN4O4. The lowest BCUT2D eigenvalue weighted by molar-refractivity contribution is -0.131. The van der Waals surface area contributed by atoms with E-state index in [-0.39, 0.29) is 31.4 Å². The molecule has 0 bridgehead atoms. The number of nitrogens with one attached hydrogen (secondary N) is 1. The lowest BCUT2D eigenvalue weighted by Gasteiger charge is -2.17. The topological polar surface area (TPSA) is 85.7 Å². The van der Waals surface area contributed by atoms with Gasteiger partial charge in [0.05, 0.1) is 36.5 Å². The van der Waals surface area contributed by atoms with Gasteiger partial charge in [0.25, 0.3) is 0 Å². The molecule has 1 aromatic heterocycles. The van der Waals surface area contributed by atoms with E-state index in [2.05, 4.69) is 10.4 Å². The zero-order valence-corrected chi connectivity index (χ0v) is 19.4. The molecule has 8 nitrogen and oxygen atoms in total. The van der Waals surface area contributed by atoms with Gasteiger partial charge in [0.1, 0.15) is 24.7 Å².